The highest BCUT2D eigenvalue weighted by Gasteiger charge is 2.44. The summed E-state index contributed by atoms with van der Waals surface area (Å²) in [6, 6.07) is 0.696. The number of alkyl halides is 6. The first-order chi connectivity index (χ1) is 14.0. The Hall–Kier alpha value is -2.49. The number of fused-ring (bicyclic) bond motifs is 1. The summed E-state index contributed by atoms with van der Waals surface area (Å²) < 4.78 is 69.2. The average molecular weight is 448 g/mol. The molecular formula is C19H15ClF5N3O2. The monoisotopic (exact) mass is 447 g/mol. The molecule has 0 aromatic carbocycles. The SMILES string of the molecule is O=C(O)C(F)(F)c1cnc2c(C(F)(F)F)nn(CC3C(C4CC4)=CC=CC3Cl)c2c1. The van der Waals surface area contributed by atoms with Crippen LogP contribution < -0.4 is 0 Å². The molecule has 1 N–H and O–H groups in total. The third-order valence-corrected chi connectivity index (χ3v) is 5.75. The van der Waals surface area contributed by atoms with E-state index in [1.165, 1.54) is 0 Å². The van der Waals surface area contributed by atoms with Crippen LogP contribution in [0.5, 0.6) is 0 Å². The van der Waals surface area contributed by atoms with Crippen molar-refractivity contribution in [1.29, 1.82) is 0 Å². The van der Waals surface area contributed by atoms with Gasteiger partial charge in [-0.15, -0.1) is 11.6 Å². The number of carboxylic acids is 1. The molecule has 0 spiro atoms. The van der Waals surface area contributed by atoms with Crippen LogP contribution >= 0.6 is 11.6 Å². The number of hydrogen-bond acceptors (Lipinski definition) is 3. The van der Waals surface area contributed by atoms with Crippen LogP contribution in [0.1, 0.15) is 24.1 Å². The quantitative estimate of drug-likeness (QED) is 0.530. The molecule has 0 saturated heterocycles. The lowest BCUT2D eigenvalue weighted by atomic mass is 9.88. The standard InChI is InChI=1S/C19H15ClF5N3O2/c20-13-3-1-2-11(9-4-5-9)12(13)8-28-14-6-10(18(21,22)17(29)30)7-26-15(14)16(27-28)19(23,24)25/h1-3,6-7,9,12-13H,4-5,8H2,(H,29,30). The minimum atomic E-state index is -4.87. The molecule has 2 aliphatic rings. The minimum absolute atomic E-state index is 0.0861. The van der Waals surface area contributed by atoms with E-state index in [1.807, 2.05) is 6.08 Å². The Labute approximate surface area is 171 Å². The van der Waals surface area contributed by atoms with Crippen molar-refractivity contribution < 1.29 is 31.9 Å². The number of allylic oxidation sites excluding steroid dienone is 4. The van der Waals surface area contributed by atoms with Crippen LogP contribution in [0.2, 0.25) is 0 Å². The maximum atomic E-state index is 13.9. The van der Waals surface area contributed by atoms with E-state index in [2.05, 4.69) is 10.1 Å². The van der Waals surface area contributed by atoms with Gasteiger partial charge in [-0.3, -0.25) is 9.67 Å². The highest BCUT2D eigenvalue weighted by molar-refractivity contribution is 6.22. The summed E-state index contributed by atoms with van der Waals surface area (Å²) in [6.45, 7) is -0.0861. The van der Waals surface area contributed by atoms with Gasteiger partial charge in [0.25, 0.3) is 0 Å². The molecule has 30 heavy (non-hydrogen) atoms. The number of aromatic nitrogens is 3. The van der Waals surface area contributed by atoms with Crippen molar-refractivity contribution in [3.05, 3.63) is 47.3 Å². The second-order valence-electron chi connectivity index (χ2n) is 7.38. The lowest BCUT2D eigenvalue weighted by Crippen LogP contribution is -2.26. The van der Waals surface area contributed by atoms with Crippen molar-refractivity contribution in [2.45, 2.75) is 36.9 Å². The number of rotatable bonds is 5. The third kappa shape index (κ3) is 3.57. The van der Waals surface area contributed by atoms with E-state index in [0.717, 1.165) is 23.1 Å². The Morgan fingerprint density at radius 2 is 1.97 bits per heavy atom. The fraction of sp³-hybridized carbons (Fsp3) is 0.421. The van der Waals surface area contributed by atoms with Crippen molar-refractivity contribution in [1.82, 2.24) is 14.8 Å². The number of carbonyl (C=O) groups is 1. The summed E-state index contributed by atoms with van der Waals surface area (Å²) in [6.07, 6.45) is 2.83. The van der Waals surface area contributed by atoms with Gasteiger partial charge in [-0.2, -0.15) is 27.1 Å². The highest BCUT2D eigenvalue weighted by atomic mass is 35.5. The second kappa shape index (κ2) is 7.04. The summed E-state index contributed by atoms with van der Waals surface area (Å²) in [5.41, 5.74) is -2.32. The van der Waals surface area contributed by atoms with Crippen LogP contribution in [0, 0.1) is 11.8 Å². The fourth-order valence-corrected chi connectivity index (χ4v) is 3.95. The topological polar surface area (TPSA) is 68.0 Å². The molecule has 2 aliphatic carbocycles. The molecule has 2 unspecified atom stereocenters. The second-order valence-corrected chi connectivity index (χ2v) is 7.88. The molecule has 0 radical (unpaired) electrons. The summed E-state index contributed by atoms with van der Waals surface area (Å²) in [5, 5.41) is 11.9. The zero-order valence-corrected chi connectivity index (χ0v) is 16.0. The van der Waals surface area contributed by atoms with Gasteiger partial charge in [-0.05, 0) is 24.8 Å². The normalized spacial score (nSPS) is 22.4. The van der Waals surface area contributed by atoms with Crippen molar-refractivity contribution in [3.63, 3.8) is 0 Å². The van der Waals surface area contributed by atoms with Crippen LogP contribution in [0.3, 0.4) is 0 Å². The predicted molar refractivity (Wildman–Crippen MR) is 97.1 cm³/mol. The Morgan fingerprint density at radius 1 is 1.27 bits per heavy atom. The van der Waals surface area contributed by atoms with Gasteiger partial charge in [0.15, 0.2) is 5.69 Å². The van der Waals surface area contributed by atoms with Gasteiger partial charge in [0.2, 0.25) is 0 Å². The molecule has 1 fully saturated rings. The lowest BCUT2D eigenvalue weighted by Gasteiger charge is -2.26. The molecule has 2 atom stereocenters. The molecular weight excluding hydrogens is 433 g/mol. The molecule has 2 aromatic heterocycles. The van der Waals surface area contributed by atoms with Crippen molar-refractivity contribution >= 4 is 28.6 Å². The fourth-order valence-electron chi connectivity index (χ4n) is 3.64. The molecule has 2 heterocycles. The molecule has 5 nitrogen and oxygen atoms in total. The number of aliphatic carboxylic acids is 1. The van der Waals surface area contributed by atoms with Crippen LogP contribution in [-0.2, 0) is 23.4 Å². The molecule has 160 valence electrons. The Morgan fingerprint density at radius 3 is 2.57 bits per heavy atom. The van der Waals surface area contributed by atoms with Crippen molar-refractivity contribution in [2.24, 2.45) is 11.8 Å². The number of pyridine rings is 1. The zero-order valence-electron chi connectivity index (χ0n) is 15.2. The highest BCUT2D eigenvalue weighted by Crippen LogP contribution is 2.44. The molecule has 0 bridgehead atoms. The van der Waals surface area contributed by atoms with Crippen molar-refractivity contribution in [3.8, 4) is 0 Å². The smallest absolute Gasteiger partial charge is 0.437 e. The van der Waals surface area contributed by atoms with Gasteiger partial charge in [-0.1, -0.05) is 23.8 Å². The number of carboxylic acid groups (broad SMARTS) is 1. The molecule has 1 saturated carbocycles. The Bertz CT molecular complexity index is 1070. The van der Waals surface area contributed by atoms with E-state index < -0.39 is 40.2 Å². The Kier molecular flexibility index (Phi) is 4.87. The number of halogens is 6. The summed E-state index contributed by atoms with van der Waals surface area (Å²) in [4.78, 5) is 14.4. The van der Waals surface area contributed by atoms with E-state index in [9.17, 15) is 26.7 Å². The first-order valence-corrected chi connectivity index (χ1v) is 9.51. The largest absolute Gasteiger partial charge is 0.477 e. The van der Waals surface area contributed by atoms with Gasteiger partial charge in [-0.25, -0.2) is 4.79 Å². The first kappa shape index (κ1) is 20.8. The Balaban J connectivity index is 1.82. The third-order valence-electron chi connectivity index (χ3n) is 5.30. The molecule has 4 rings (SSSR count). The molecule has 0 amide bonds. The van der Waals surface area contributed by atoms with Gasteiger partial charge in [0, 0.05) is 18.7 Å². The number of hydrogen-bond donors (Lipinski definition) is 1. The van der Waals surface area contributed by atoms with E-state index >= 15 is 0 Å². The van der Waals surface area contributed by atoms with Gasteiger partial charge in [0.05, 0.1) is 16.5 Å². The summed E-state index contributed by atoms with van der Waals surface area (Å²) in [7, 11) is 0. The van der Waals surface area contributed by atoms with Crippen LogP contribution in [0.4, 0.5) is 22.0 Å². The van der Waals surface area contributed by atoms with Crippen LogP contribution in [-0.4, -0.2) is 31.2 Å². The van der Waals surface area contributed by atoms with Gasteiger partial charge < -0.3 is 5.11 Å². The van der Waals surface area contributed by atoms with E-state index in [0.29, 0.717) is 12.3 Å². The maximum absolute atomic E-state index is 13.9. The maximum Gasteiger partial charge on any atom is 0.437 e. The van der Waals surface area contributed by atoms with Gasteiger partial charge in [0.1, 0.15) is 5.52 Å². The van der Waals surface area contributed by atoms with E-state index in [1.54, 1.807) is 12.2 Å². The van der Waals surface area contributed by atoms with Gasteiger partial charge >= 0.3 is 18.1 Å². The van der Waals surface area contributed by atoms with Crippen molar-refractivity contribution in [2.75, 3.05) is 0 Å². The molecule has 2 aromatic rings. The van der Waals surface area contributed by atoms with E-state index in [-0.39, 0.29) is 23.9 Å². The summed E-state index contributed by atoms with van der Waals surface area (Å²) >= 11 is 6.39. The zero-order chi connectivity index (χ0) is 21.8. The molecule has 11 heteroatoms. The average Bonchev–Trinajstić information content (AvgIpc) is 3.44. The minimum Gasteiger partial charge on any atom is -0.477 e. The number of nitrogens with zero attached hydrogens (tertiary/aromatic N) is 3. The predicted octanol–water partition coefficient (Wildman–Crippen LogP) is 4.76. The molecule has 0 aliphatic heterocycles. The van der Waals surface area contributed by atoms with Crippen LogP contribution in [0.15, 0.2) is 36.1 Å². The summed E-state index contributed by atoms with van der Waals surface area (Å²) in [5.74, 6) is -6.83. The van der Waals surface area contributed by atoms with E-state index in [4.69, 9.17) is 16.7 Å². The first-order valence-electron chi connectivity index (χ1n) is 9.08. The lowest BCUT2D eigenvalue weighted by molar-refractivity contribution is -0.166. The van der Waals surface area contributed by atoms with Crippen LogP contribution in [0.25, 0.3) is 11.0 Å².